The molecule has 24 heavy (non-hydrogen) atoms. The fraction of sp³-hybridized carbons (Fsp3) is 0.316. The van der Waals surface area contributed by atoms with Crippen molar-refractivity contribution in [1.29, 1.82) is 0 Å². The first-order chi connectivity index (χ1) is 11.7. The van der Waals surface area contributed by atoms with Crippen molar-refractivity contribution in [2.24, 2.45) is 0 Å². The second kappa shape index (κ2) is 6.07. The van der Waals surface area contributed by atoms with E-state index in [9.17, 15) is 4.79 Å². The summed E-state index contributed by atoms with van der Waals surface area (Å²) in [7, 11) is 0. The van der Waals surface area contributed by atoms with Crippen molar-refractivity contribution in [3.8, 4) is 11.5 Å². The highest BCUT2D eigenvalue weighted by atomic mass is 16.7. The summed E-state index contributed by atoms with van der Waals surface area (Å²) in [5.74, 6) is 1.39. The first-order valence-corrected chi connectivity index (χ1v) is 8.24. The summed E-state index contributed by atoms with van der Waals surface area (Å²) in [5.41, 5.74) is 3.14. The Hall–Kier alpha value is -2.69. The van der Waals surface area contributed by atoms with Crippen LogP contribution in [0.4, 0.5) is 10.5 Å². The van der Waals surface area contributed by atoms with Gasteiger partial charge < -0.3 is 19.7 Å². The van der Waals surface area contributed by atoms with Crippen LogP contribution in [0.5, 0.6) is 11.5 Å². The van der Waals surface area contributed by atoms with Crippen molar-refractivity contribution in [2.45, 2.75) is 25.8 Å². The molecule has 0 bridgehead atoms. The molecule has 0 spiro atoms. The number of benzene rings is 2. The van der Waals surface area contributed by atoms with Gasteiger partial charge in [-0.15, -0.1) is 0 Å². The van der Waals surface area contributed by atoms with Crippen LogP contribution in [0.25, 0.3) is 0 Å². The van der Waals surface area contributed by atoms with Crippen LogP contribution in [0.3, 0.4) is 0 Å². The Morgan fingerprint density at radius 2 is 2.04 bits per heavy atom. The lowest BCUT2D eigenvalue weighted by Gasteiger charge is -2.25. The summed E-state index contributed by atoms with van der Waals surface area (Å²) in [6, 6.07) is 13.9. The Bertz CT molecular complexity index is 775. The van der Waals surface area contributed by atoms with Gasteiger partial charge in [0.05, 0.1) is 6.04 Å². The van der Waals surface area contributed by atoms with Crippen LogP contribution in [0.15, 0.2) is 42.5 Å². The van der Waals surface area contributed by atoms with Crippen LogP contribution < -0.4 is 14.8 Å². The third-order valence-electron chi connectivity index (χ3n) is 4.56. The minimum absolute atomic E-state index is 0.0714. The van der Waals surface area contributed by atoms with Gasteiger partial charge >= 0.3 is 6.03 Å². The van der Waals surface area contributed by atoms with Gasteiger partial charge in [0.2, 0.25) is 6.79 Å². The van der Waals surface area contributed by atoms with E-state index in [1.165, 1.54) is 11.1 Å². The number of anilines is 1. The molecule has 1 saturated heterocycles. The maximum absolute atomic E-state index is 12.7. The summed E-state index contributed by atoms with van der Waals surface area (Å²) in [6.07, 6.45) is 2.02. The molecule has 2 aromatic carbocycles. The molecular weight excluding hydrogens is 304 g/mol. The van der Waals surface area contributed by atoms with Crippen LogP contribution in [0, 0.1) is 6.92 Å². The Kier molecular flexibility index (Phi) is 3.76. The standard InChI is InChI=1S/C19H20N2O3/c1-13-4-2-5-14(10-13)16-6-3-9-21(16)19(22)20-15-7-8-17-18(11-15)24-12-23-17/h2,4-5,7-8,10-11,16H,3,6,9,12H2,1H3,(H,20,22)/t16-/m0/s1. The number of nitrogens with one attached hydrogen (secondary N) is 1. The number of amides is 2. The normalized spacial score (nSPS) is 18.7. The van der Waals surface area contributed by atoms with Gasteiger partial charge in [-0.3, -0.25) is 0 Å². The lowest BCUT2D eigenvalue weighted by atomic mass is 10.0. The number of hydrogen-bond donors (Lipinski definition) is 1. The molecule has 2 heterocycles. The molecule has 5 nitrogen and oxygen atoms in total. The fourth-order valence-electron chi connectivity index (χ4n) is 3.40. The minimum atomic E-state index is -0.0714. The van der Waals surface area contributed by atoms with Gasteiger partial charge in [-0.1, -0.05) is 29.8 Å². The van der Waals surface area contributed by atoms with E-state index in [-0.39, 0.29) is 18.9 Å². The number of ether oxygens (including phenoxy) is 2. The van der Waals surface area contributed by atoms with E-state index >= 15 is 0 Å². The first kappa shape index (κ1) is 14.9. The van der Waals surface area contributed by atoms with E-state index in [1.54, 1.807) is 6.07 Å². The summed E-state index contributed by atoms with van der Waals surface area (Å²) in [4.78, 5) is 14.6. The summed E-state index contributed by atoms with van der Waals surface area (Å²) >= 11 is 0. The van der Waals surface area contributed by atoms with Crippen molar-refractivity contribution >= 4 is 11.7 Å². The zero-order chi connectivity index (χ0) is 16.5. The topological polar surface area (TPSA) is 50.8 Å². The van der Waals surface area contributed by atoms with Crippen molar-refractivity contribution in [3.63, 3.8) is 0 Å². The van der Waals surface area contributed by atoms with Crippen molar-refractivity contribution in [2.75, 3.05) is 18.7 Å². The molecule has 2 amide bonds. The van der Waals surface area contributed by atoms with Crippen molar-refractivity contribution in [1.82, 2.24) is 4.90 Å². The van der Waals surface area contributed by atoms with Gasteiger partial charge in [-0.05, 0) is 37.5 Å². The molecule has 124 valence electrons. The monoisotopic (exact) mass is 324 g/mol. The number of fused-ring (bicyclic) bond motifs is 1. The number of likely N-dealkylation sites (tertiary alicyclic amines) is 1. The predicted molar refractivity (Wildman–Crippen MR) is 91.4 cm³/mol. The molecule has 1 fully saturated rings. The lowest BCUT2D eigenvalue weighted by Crippen LogP contribution is -2.34. The number of hydrogen-bond acceptors (Lipinski definition) is 3. The van der Waals surface area contributed by atoms with E-state index in [4.69, 9.17) is 9.47 Å². The molecule has 2 aliphatic heterocycles. The van der Waals surface area contributed by atoms with Crippen LogP contribution in [-0.2, 0) is 0 Å². The van der Waals surface area contributed by atoms with E-state index in [0.717, 1.165) is 25.1 Å². The number of carbonyl (C=O) groups excluding carboxylic acids is 1. The molecule has 2 aromatic rings. The third-order valence-corrected chi connectivity index (χ3v) is 4.56. The van der Waals surface area contributed by atoms with Crippen LogP contribution in [0.1, 0.15) is 30.0 Å². The van der Waals surface area contributed by atoms with E-state index < -0.39 is 0 Å². The van der Waals surface area contributed by atoms with Gasteiger partial charge in [0.1, 0.15) is 0 Å². The number of carbonyl (C=O) groups is 1. The molecule has 0 saturated carbocycles. The Labute approximate surface area is 141 Å². The average molecular weight is 324 g/mol. The second-order valence-corrected chi connectivity index (χ2v) is 6.26. The molecule has 2 aliphatic rings. The smallest absolute Gasteiger partial charge is 0.322 e. The zero-order valence-electron chi connectivity index (χ0n) is 13.6. The van der Waals surface area contributed by atoms with Crippen LogP contribution in [0.2, 0.25) is 0 Å². The number of rotatable bonds is 2. The van der Waals surface area contributed by atoms with E-state index in [1.807, 2.05) is 17.0 Å². The molecular formula is C19H20N2O3. The highest BCUT2D eigenvalue weighted by Gasteiger charge is 2.30. The summed E-state index contributed by atoms with van der Waals surface area (Å²) < 4.78 is 10.7. The highest BCUT2D eigenvalue weighted by molar-refractivity contribution is 5.90. The Morgan fingerprint density at radius 3 is 2.92 bits per heavy atom. The number of aryl methyl sites for hydroxylation is 1. The molecule has 0 radical (unpaired) electrons. The van der Waals surface area contributed by atoms with Crippen molar-refractivity contribution in [3.05, 3.63) is 53.6 Å². The van der Waals surface area contributed by atoms with E-state index in [0.29, 0.717) is 11.5 Å². The summed E-state index contributed by atoms with van der Waals surface area (Å²) in [5, 5.41) is 2.98. The fourth-order valence-corrected chi connectivity index (χ4v) is 3.40. The summed E-state index contributed by atoms with van der Waals surface area (Å²) in [6.45, 7) is 3.08. The van der Waals surface area contributed by atoms with Gasteiger partial charge in [-0.2, -0.15) is 0 Å². The maximum Gasteiger partial charge on any atom is 0.322 e. The SMILES string of the molecule is Cc1cccc([C@@H]2CCCN2C(=O)Nc2ccc3c(c2)OCO3)c1. The highest BCUT2D eigenvalue weighted by Crippen LogP contribution is 2.36. The van der Waals surface area contributed by atoms with Crippen molar-refractivity contribution < 1.29 is 14.3 Å². The number of urea groups is 1. The Balaban J connectivity index is 1.51. The minimum Gasteiger partial charge on any atom is -0.454 e. The van der Waals surface area contributed by atoms with Gasteiger partial charge in [-0.25, -0.2) is 4.79 Å². The lowest BCUT2D eigenvalue weighted by molar-refractivity contribution is 0.174. The van der Waals surface area contributed by atoms with Crippen LogP contribution >= 0.6 is 0 Å². The van der Waals surface area contributed by atoms with Gasteiger partial charge in [0, 0.05) is 18.3 Å². The van der Waals surface area contributed by atoms with Gasteiger partial charge in [0.15, 0.2) is 11.5 Å². The maximum atomic E-state index is 12.7. The predicted octanol–water partition coefficient (Wildman–Crippen LogP) is 4.09. The second-order valence-electron chi connectivity index (χ2n) is 6.26. The molecule has 0 aromatic heterocycles. The molecule has 4 rings (SSSR count). The molecule has 0 unspecified atom stereocenters. The van der Waals surface area contributed by atoms with Gasteiger partial charge in [0.25, 0.3) is 0 Å². The molecule has 1 atom stereocenters. The Morgan fingerprint density at radius 1 is 1.17 bits per heavy atom. The zero-order valence-corrected chi connectivity index (χ0v) is 13.6. The van der Waals surface area contributed by atoms with Crippen LogP contribution in [-0.4, -0.2) is 24.3 Å². The first-order valence-electron chi connectivity index (χ1n) is 8.24. The molecule has 0 aliphatic carbocycles. The average Bonchev–Trinajstić information content (AvgIpc) is 3.23. The number of nitrogens with zero attached hydrogens (tertiary/aromatic N) is 1. The molecule has 5 heteroatoms. The third kappa shape index (κ3) is 2.77. The largest absolute Gasteiger partial charge is 0.454 e. The quantitative estimate of drug-likeness (QED) is 0.905. The molecule has 1 N–H and O–H groups in total. The van der Waals surface area contributed by atoms with E-state index in [2.05, 4.69) is 36.5 Å².